The molecule has 0 aromatic rings. The van der Waals surface area contributed by atoms with Gasteiger partial charge < -0.3 is 79.5 Å². The Kier molecular flexibility index (Phi) is 12.7. The average molecular weight is 899 g/mol. The molecule has 4 saturated carbocycles. The second-order valence-electron chi connectivity index (χ2n) is 22.7. The number of aliphatic carboxylic acids is 1. The fourth-order valence-electron chi connectivity index (χ4n) is 14.7. The largest absolute Gasteiger partial charge is 0.481 e. The lowest BCUT2D eigenvalue weighted by atomic mass is 9.33. The van der Waals surface area contributed by atoms with Crippen molar-refractivity contribution in [1.29, 1.82) is 0 Å². The van der Waals surface area contributed by atoms with Crippen LogP contribution in [0.5, 0.6) is 0 Å². The first-order valence-electron chi connectivity index (χ1n) is 23.2. The van der Waals surface area contributed by atoms with Gasteiger partial charge in [-0.1, -0.05) is 60.1 Å². The number of rotatable bonds is 8. The minimum atomic E-state index is -1.76. The van der Waals surface area contributed by atoms with Crippen molar-refractivity contribution in [2.45, 2.75) is 198 Å². The Morgan fingerprint density at radius 2 is 1.32 bits per heavy atom. The van der Waals surface area contributed by atoms with Crippen LogP contribution in [0, 0.1) is 50.2 Å². The highest BCUT2D eigenvalue weighted by atomic mass is 16.8. The lowest BCUT2D eigenvalue weighted by Gasteiger charge is -2.71. The standard InChI is InChI=1S/C46H74O17/c1-41(2)12-14-46(40(56)57)15-13-44(6)21(22(46)16-41)8-9-28-43(5)17-23(48)36(42(3,4)27(43)10-11-45(28,44)7)63-38-33(55)34(31(53)26(18-47)60-38)61-39-35(30(52)25(50)20-59-39)62-37-32(54)29(51)24(49)19-58-37/h8,22-39,47-55H,9-20H2,1-7H3,(H,56,57)/t22-,23-,24+,25+,26-,27+,28-,29+,30+,31-,32-,33-,34+,35-,36+,37+,38+,39+,43+,44-,45-,46+/m1/s1. The van der Waals surface area contributed by atoms with Crippen LogP contribution >= 0.6 is 0 Å². The number of hydrogen-bond donors (Lipinski definition) is 10. The molecule has 0 bridgehead atoms. The number of hydrogen-bond acceptors (Lipinski definition) is 16. The zero-order chi connectivity index (χ0) is 46.0. The van der Waals surface area contributed by atoms with Gasteiger partial charge in [-0.05, 0) is 103 Å². The number of carbonyl (C=O) groups is 1. The summed E-state index contributed by atoms with van der Waals surface area (Å²) in [5.74, 6) is -0.464. The van der Waals surface area contributed by atoms with E-state index in [1.807, 2.05) is 0 Å². The zero-order valence-corrected chi connectivity index (χ0v) is 37.8. The second-order valence-corrected chi connectivity index (χ2v) is 22.7. The molecule has 8 aliphatic rings. The van der Waals surface area contributed by atoms with Crippen LogP contribution in [-0.4, -0.2) is 169 Å². The Morgan fingerprint density at radius 1 is 0.683 bits per heavy atom. The van der Waals surface area contributed by atoms with Crippen molar-refractivity contribution in [3.63, 3.8) is 0 Å². The van der Waals surface area contributed by atoms with Crippen LogP contribution < -0.4 is 0 Å². The molecule has 7 fully saturated rings. The maximum atomic E-state index is 13.1. The zero-order valence-electron chi connectivity index (χ0n) is 37.8. The second kappa shape index (κ2) is 16.7. The fourth-order valence-corrected chi connectivity index (χ4v) is 14.7. The summed E-state index contributed by atoms with van der Waals surface area (Å²) >= 11 is 0. The highest BCUT2D eigenvalue weighted by Crippen LogP contribution is 2.76. The van der Waals surface area contributed by atoms with Crippen molar-refractivity contribution < 1.29 is 84.3 Å². The molecule has 0 unspecified atom stereocenters. The number of aliphatic hydroxyl groups excluding tert-OH is 9. The van der Waals surface area contributed by atoms with Gasteiger partial charge in [0.2, 0.25) is 0 Å². The molecule has 0 aromatic carbocycles. The van der Waals surface area contributed by atoms with Gasteiger partial charge in [0.1, 0.15) is 61.0 Å². The van der Waals surface area contributed by atoms with E-state index in [4.69, 9.17) is 28.4 Å². The van der Waals surface area contributed by atoms with Gasteiger partial charge in [0.15, 0.2) is 18.9 Å². The van der Waals surface area contributed by atoms with Gasteiger partial charge in [-0.15, -0.1) is 0 Å². The van der Waals surface area contributed by atoms with Crippen molar-refractivity contribution in [1.82, 2.24) is 0 Å². The predicted molar refractivity (Wildman–Crippen MR) is 220 cm³/mol. The normalized spacial score (nSPS) is 54.1. The third-order valence-corrected chi connectivity index (χ3v) is 18.5. The molecule has 22 atom stereocenters. The van der Waals surface area contributed by atoms with Gasteiger partial charge in [-0.25, -0.2) is 0 Å². The highest BCUT2D eigenvalue weighted by Gasteiger charge is 2.70. The van der Waals surface area contributed by atoms with Gasteiger partial charge in [0.25, 0.3) is 0 Å². The van der Waals surface area contributed by atoms with E-state index in [1.165, 1.54) is 5.57 Å². The summed E-state index contributed by atoms with van der Waals surface area (Å²) in [6.07, 6.45) is -13.4. The summed E-state index contributed by atoms with van der Waals surface area (Å²) in [6, 6.07) is 0. The van der Waals surface area contributed by atoms with E-state index in [-0.39, 0.29) is 39.4 Å². The topological polar surface area (TPSA) is 275 Å². The molecule has 8 rings (SSSR count). The quantitative estimate of drug-likeness (QED) is 0.120. The number of ether oxygens (including phenoxy) is 6. The van der Waals surface area contributed by atoms with E-state index >= 15 is 0 Å². The summed E-state index contributed by atoms with van der Waals surface area (Å²) in [4.78, 5) is 13.1. The van der Waals surface area contributed by atoms with Crippen molar-refractivity contribution in [3.8, 4) is 0 Å². The van der Waals surface area contributed by atoms with E-state index in [2.05, 4.69) is 54.5 Å². The van der Waals surface area contributed by atoms with Crippen LogP contribution in [0.15, 0.2) is 11.6 Å². The molecule has 360 valence electrons. The summed E-state index contributed by atoms with van der Waals surface area (Å²) in [6.45, 7) is 14.2. The molecule has 0 spiro atoms. The Balaban J connectivity index is 1.02. The molecule has 3 aliphatic heterocycles. The lowest BCUT2D eigenvalue weighted by molar-refractivity contribution is -0.381. The summed E-state index contributed by atoms with van der Waals surface area (Å²) < 4.78 is 35.5. The van der Waals surface area contributed by atoms with Crippen LogP contribution in [0.4, 0.5) is 0 Å². The molecule has 10 N–H and O–H groups in total. The van der Waals surface area contributed by atoms with Gasteiger partial charge in [-0.2, -0.15) is 0 Å². The first kappa shape index (κ1) is 48.1. The maximum absolute atomic E-state index is 13.1. The molecular weight excluding hydrogens is 824 g/mol. The number of fused-ring (bicyclic) bond motifs is 7. The molecule has 0 aromatic heterocycles. The van der Waals surface area contributed by atoms with E-state index in [0.717, 1.165) is 38.5 Å². The molecular formula is C46H74O17. The summed E-state index contributed by atoms with van der Waals surface area (Å²) in [5.41, 5.74) is -0.791. The van der Waals surface area contributed by atoms with E-state index in [0.29, 0.717) is 19.3 Å². The Bertz CT molecular complexity index is 1730. The average Bonchev–Trinajstić information content (AvgIpc) is 3.21. The van der Waals surface area contributed by atoms with Crippen molar-refractivity contribution in [2.75, 3.05) is 19.8 Å². The molecule has 3 saturated heterocycles. The third kappa shape index (κ3) is 7.50. The van der Waals surface area contributed by atoms with Crippen LogP contribution in [0.2, 0.25) is 0 Å². The smallest absolute Gasteiger partial charge is 0.310 e. The van der Waals surface area contributed by atoms with E-state index in [1.54, 1.807) is 0 Å². The van der Waals surface area contributed by atoms with Gasteiger partial charge in [-0.3, -0.25) is 4.79 Å². The van der Waals surface area contributed by atoms with Crippen molar-refractivity contribution in [3.05, 3.63) is 11.6 Å². The maximum Gasteiger partial charge on any atom is 0.310 e. The molecule has 63 heavy (non-hydrogen) atoms. The van der Waals surface area contributed by atoms with Crippen molar-refractivity contribution >= 4 is 5.97 Å². The molecule has 0 radical (unpaired) electrons. The van der Waals surface area contributed by atoms with Crippen LogP contribution in [0.3, 0.4) is 0 Å². The van der Waals surface area contributed by atoms with Gasteiger partial charge in [0, 0.05) is 0 Å². The SMILES string of the molecule is CC1(C)CC[C@]2(C(=O)O)CC[C@]3(C)C(=CC[C@@H]4[C@@]5(C)C[C@@H](O)[C@H](O[C@@H]6O[C@H](CO)[C@@H](O)[C@H](O[C@@H]7OC[C@H](O)[C@H](O)[C@H]7O[C@@H]7OC[C@H](O)[C@H](O)[C@H]7O)[C@H]6O)C(C)(C)[C@@H]5CC[C@]43C)[C@H]2C1. The third-order valence-electron chi connectivity index (χ3n) is 18.5. The summed E-state index contributed by atoms with van der Waals surface area (Å²) in [5, 5.41) is 109. The van der Waals surface area contributed by atoms with Gasteiger partial charge >= 0.3 is 5.97 Å². The number of allylic oxidation sites excluding steroid dienone is 2. The molecule has 0 amide bonds. The van der Waals surface area contributed by atoms with Crippen LogP contribution in [-0.2, 0) is 33.2 Å². The molecule has 17 nitrogen and oxygen atoms in total. The molecule has 3 heterocycles. The van der Waals surface area contributed by atoms with Crippen LogP contribution in [0.1, 0.15) is 106 Å². The first-order chi connectivity index (χ1) is 29.4. The highest BCUT2D eigenvalue weighted by molar-refractivity contribution is 5.76. The fraction of sp³-hybridized carbons (Fsp3) is 0.935. The minimum absolute atomic E-state index is 0.0227. The van der Waals surface area contributed by atoms with E-state index in [9.17, 15) is 55.9 Å². The monoisotopic (exact) mass is 898 g/mol. The van der Waals surface area contributed by atoms with Gasteiger partial charge in [0.05, 0.1) is 37.4 Å². The Hall–Kier alpha value is -1.39. The summed E-state index contributed by atoms with van der Waals surface area (Å²) in [7, 11) is 0. The van der Waals surface area contributed by atoms with Crippen molar-refractivity contribution in [2.24, 2.45) is 50.2 Å². The number of carboxylic acid groups (broad SMARTS) is 1. The predicted octanol–water partition coefficient (Wildman–Crippen LogP) is 0.955. The first-order valence-corrected chi connectivity index (χ1v) is 23.2. The Morgan fingerprint density at radius 3 is 1.98 bits per heavy atom. The molecule has 5 aliphatic carbocycles. The van der Waals surface area contributed by atoms with E-state index < -0.39 is 129 Å². The lowest BCUT2D eigenvalue weighted by Crippen LogP contribution is -2.69. The Labute approximate surface area is 369 Å². The van der Waals surface area contributed by atoms with Crippen LogP contribution in [0.25, 0.3) is 0 Å². The number of aliphatic hydroxyl groups is 9. The molecule has 17 heteroatoms. The number of carboxylic acids is 1. The minimum Gasteiger partial charge on any atom is -0.481 e.